The van der Waals surface area contributed by atoms with Gasteiger partial charge in [-0.1, -0.05) is 13.8 Å². The van der Waals surface area contributed by atoms with Crippen LogP contribution in [0.5, 0.6) is 11.5 Å². The van der Waals surface area contributed by atoms with E-state index in [0.717, 1.165) is 30.3 Å². The molecule has 1 aliphatic heterocycles. The molecule has 0 aromatic heterocycles. The van der Waals surface area contributed by atoms with E-state index in [1.807, 2.05) is 49.9 Å². The zero-order valence-electron chi connectivity index (χ0n) is 19.3. The van der Waals surface area contributed by atoms with Gasteiger partial charge in [0.2, 0.25) is 5.91 Å². The van der Waals surface area contributed by atoms with Crippen LogP contribution in [0, 0.1) is 5.92 Å². The summed E-state index contributed by atoms with van der Waals surface area (Å²) in [7, 11) is 1.65. The van der Waals surface area contributed by atoms with E-state index in [9.17, 15) is 9.59 Å². The quantitative estimate of drug-likeness (QED) is 0.684. The second kappa shape index (κ2) is 10.9. The summed E-state index contributed by atoms with van der Waals surface area (Å²) in [6.45, 7) is 9.12. The molecule has 2 aromatic rings. The molecule has 32 heavy (non-hydrogen) atoms. The molecule has 1 heterocycles. The van der Waals surface area contributed by atoms with Gasteiger partial charge in [0.1, 0.15) is 17.5 Å². The molecule has 0 spiro atoms. The van der Waals surface area contributed by atoms with Crippen LogP contribution < -0.4 is 19.7 Å². The Morgan fingerprint density at radius 3 is 2.06 bits per heavy atom. The number of piperazine rings is 1. The molecule has 0 unspecified atom stereocenters. The number of methoxy groups -OCH3 is 1. The minimum absolute atomic E-state index is 0.0197. The largest absolute Gasteiger partial charge is 0.497 e. The van der Waals surface area contributed by atoms with Gasteiger partial charge in [-0.15, -0.1) is 0 Å². The molecule has 1 aliphatic rings. The number of ether oxygens (including phenoxy) is 2. The number of hydrogen-bond acceptors (Lipinski definition) is 5. The van der Waals surface area contributed by atoms with Crippen molar-refractivity contribution in [3.05, 3.63) is 54.1 Å². The van der Waals surface area contributed by atoms with Crippen molar-refractivity contribution in [2.45, 2.75) is 26.8 Å². The monoisotopic (exact) mass is 439 g/mol. The maximum Gasteiger partial charge on any atom is 0.251 e. The summed E-state index contributed by atoms with van der Waals surface area (Å²) < 4.78 is 10.6. The van der Waals surface area contributed by atoms with Crippen molar-refractivity contribution in [3.63, 3.8) is 0 Å². The average molecular weight is 440 g/mol. The van der Waals surface area contributed by atoms with E-state index < -0.39 is 6.04 Å². The zero-order valence-corrected chi connectivity index (χ0v) is 19.3. The molecule has 0 radical (unpaired) electrons. The maximum absolute atomic E-state index is 13.2. The standard InChI is InChI=1S/C25H33N3O4/c1-5-32-22-10-6-19(7-11-22)24(29)26-23(18(2)3)25(30)28-16-14-27(15-17-28)20-8-12-21(31-4)13-9-20/h6-13,18,23H,5,14-17H2,1-4H3,(H,26,29)/t23-/m0/s1. The Bertz CT molecular complexity index is 888. The smallest absolute Gasteiger partial charge is 0.251 e. The lowest BCUT2D eigenvalue weighted by Crippen LogP contribution is -2.56. The van der Waals surface area contributed by atoms with Crippen LogP contribution in [-0.2, 0) is 4.79 Å². The second-order valence-electron chi connectivity index (χ2n) is 8.16. The van der Waals surface area contributed by atoms with Gasteiger partial charge in [0, 0.05) is 37.4 Å². The van der Waals surface area contributed by atoms with Crippen molar-refractivity contribution in [1.82, 2.24) is 10.2 Å². The molecule has 7 heteroatoms. The molecule has 7 nitrogen and oxygen atoms in total. The molecule has 1 atom stereocenters. The normalized spacial score (nSPS) is 14.8. The Hall–Kier alpha value is -3.22. The molecule has 1 saturated heterocycles. The van der Waals surface area contributed by atoms with Crippen LogP contribution in [0.15, 0.2) is 48.5 Å². The number of amides is 2. The first-order valence-corrected chi connectivity index (χ1v) is 11.1. The van der Waals surface area contributed by atoms with Gasteiger partial charge < -0.3 is 24.6 Å². The minimum atomic E-state index is -0.568. The average Bonchev–Trinajstić information content (AvgIpc) is 2.82. The van der Waals surface area contributed by atoms with Crippen LogP contribution >= 0.6 is 0 Å². The molecule has 172 valence electrons. The van der Waals surface area contributed by atoms with Gasteiger partial charge >= 0.3 is 0 Å². The van der Waals surface area contributed by atoms with Crippen molar-refractivity contribution in [1.29, 1.82) is 0 Å². The van der Waals surface area contributed by atoms with E-state index in [2.05, 4.69) is 10.2 Å². The lowest BCUT2D eigenvalue weighted by atomic mass is 10.0. The SMILES string of the molecule is CCOc1ccc(C(=O)N[C@H](C(=O)N2CCN(c3ccc(OC)cc3)CC2)C(C)C)cc1. The molecular weight excluding hydrogens is 406 g/mol. The van der Waals surface area contributed by atoms with Crippen LogP contribution in [0.2, 0.25) is 0 Å². The fourth-order valence-corrected chi connectivity index (χ4v) is 3.78. The zero-order chi connectivity index (χ0) is 23.1. The highest BCUT2D eigenvalue weighted by molar-refractivity contribution is 5.97. The summed E-state index contributed by atoms with van der Waals surface area (Å²) in [6.07, 6.45) is 0. The van der Waals surface area contributed by atoms with Gasteiger partial charge in [-0.25, -0.2) is 0 Å². The molecule has 1 fully saturated rings. The third-order valence-electron chi connectivity index (χ3n) is 5.68. The number of anilines is 1. The highest BCUT2D eigenvalue weighted by Crippen LogP contribution is 2.21. The third-order valence-corrected chi connectivity index (χ3v) is 5.68. The highest BCUT2D eigenvalue weighted by atomic mass is 16.5. The minimum Gasteiger partial charge on any atom is -0.497 e. The molecule has 3 rings (SSSR count). The lowest BCUT2D eigenvalue weighted by Gasteiger charge is -2.38. The molecule has 0 bridgehead atoms. The number of nitrogens with zero attached hydrogens (tertiary/aromatic N) is 2. The van der Waals surface area contributed by atoms with Gasteiger partial charge in [-0.2, -0.15) is 0 Å². The third kappa shape index (κ3) is 5.72. The van der Waals surface area contributed by atoms with Crippen LogP contribution in [0.4, 0.5) is 5.69 Å². The summed E-state index contributed by atoms with van der Waals surface area (Å²) in [5.74, 6) is 1.24. The Balaban J connectivity index is 1.59. The van der Waals surface area contributed by atoms with Crippen molar-refractivity contribution in [2.75, 3.05) is 44.8 Å². The van der Waals surface area contributed by atoms with E-state index >= 15 is 0 Å². The van der Waals surface area contributed by atoms with Crippen LogP contribution in [0.3, 0.4) is 0 Å². The summed E-state index contributed by atoms with van der Waals surface area (Å²) in [6, 6.07) is 14.4. The maximum atomic E-state index is 13.2. The van der Waals surface area contributed by atoms with Crippen molar-refractivity contribution in [2.24, 2.45) is 5.92 Å². The number of rotatable bonds is 8. The first kappa shape index (κ1) is 23.4. The molecule has 2 aromatic carbocycles. The fourth-order valence-electron chi connectivity index (χ4n) is 3.78. The van der Waals surface area contributed by atoms with Gasteiger partial charge in [-0.3, -0.25) is 9.59 Å². The van der Waals surface area contributed by atoms with E-state index in [4.69, 9.17) is 9.47 Å². The molecular formula is C25H33N3O4. The number of benzene rings is 2. The van der Waals surface area contributed by atoms with Crippen molar-refractivity contribution < 1.29 is 19.1 Å². The second-order valence-corrected chi connectivity index (χ2v) is 8.16. The Labute approximate surface area is 190 Å². The predicted molar refractivity (Wildman–Crippen MR) is 125 cm³/mol. The summed E-state index contributed by atoms with van der Waals surface area (Å²) in [5.41, 5.74) is 1.62. The van der Waals surface area contributed by atoms with E-state index in [1.54, 1.807) is 31.4 Å². The number of hydrogen-bond donors (Lipinski definition) is 1. The number of carbonyl (C=O) groups excluding carboxylic acids is 2. The van der Waals surface area contributed by atoms with E-state index in [0.29, 0.717) is 25.3 Å². The Kier molecular flexibility index (Phi) is 7.98. The first-order chi connectivity index (χ1) is 15.4. The van der Waals surface area contributed by atoms with Crippen LogP contribution in [0.1, 0.15) is 31.1 Å². The van der Waals surface area contributed by atoms with Gasteiger partial charge in [0.25, 0.3) is 5.91 Å². The Morgan fingerprint density at radius 2 is 1.53 bits per heavy atom. The van der Waals surface area contributed by atoms with Crippen molar-refractivity contribution in [3.8, 4) is 11.5 Å². The van der Waals surface area contributed by atoms with Crippen LogP contribution in [-0.4, -0.2) is 62.7 Å². The van der Waals surface area contributed by atoms with E-state index in [1.165, 1.54) is 0 Å². The fraction of sp³-hybridized carbons (Fsp3) is 0.440. The number of nitrogens with one attached hydrogen (secondary N) is 1. The highest BCUT2D eigenvalue weighted by Gasteiger charge is 2.31. The molecule has 0 saturated carbocycles. The summed E-state index contributed by atoms with van der Waals surface area (Å²) in [4.78, 5) is 30.1. The van der Waals surface area contributed by atoms with Gasteiger partial charge in [0.15, 0.2) is 0 Å². The molecule has 2 amide bonds. The first-order valence-electron chi connectivity index (χ1n) is 11.1. The molecule has 1 N–H and O–H groups in total. The van der Waals surface area contributed by atoms with E-state index in [-0.39, 0.29) is 17.7 Å². The predicted octanol–water partition coefficient (Wildman–Crippen LogP) is 3.20. The Morgan fingerprint density at radius 1 is 0.938 bits per heavy atom. The number of carbonyl (C=O) groups is 2. The van der Waals surface area contributed by atoms with Gasteiger partial charge in [0.05, 0.1) is 13.7 Å². The van der Waals surface area contributed by atoms with Crippen LogP contribution in [0.25, 0.3) is 0 Å². The van der Waals surface area contributed by atoms with Gasteiger partial charge in [-0.05, 0) is 61.4 Å². The lowest BCUT2D eigenvalue weighted by molar-refractivity contribution is -0.134. The van der Waals surface area contributed by atoms with Crippen molar-refractivity contribution >= 4 is 17.5 Å². The molecule has 0 aliphatic carbocycles. The summed E-state index contributed by atoms with van der Waals surface area (Å²) >= 11 is 0. The topological polar surface area (TPSA) is 71.1 Å². The summed E-state index contributed by atoms with van der Waals surface area (Å²) in [5, 5.41) is 2.94.